The van der Waals surface area contributed by atoms with Crippen LogP contribution in [0.15, 0.2) is 42.5 Å². The minimum Gasteiger partial charge on any atom is -0.453 e. The van der Waals surface area contributed by atoms with Crippen molar-refractivity contribution in [2.24, 2.45) is 5.73 Å². The summed E-state index contributed by atoms with van der Waals surface area (Å²) in [5.74, 6) is 0.00165. The molecule has 1 saturated carbocycles. The second-order valence-electron chi connectivity index (χ2n) is 7.92. The Morgan fingerprint density at radius 2 is 1.97 bits per heavy atom. The van der Waals surface area contributed by atoms with Gasteiger partial charge in [0, 0.05) is 36.2 Å². The Morgan fingerprint density at radius 1 is 1.27 bits per heavy atom. The molecule has 0 unspecified atom stereocenters. The number of rotatable bonds is 9. The Morgan fingerprint density at radius 3 is 2.60 bits per heavy atom. The summed E-state index contributed by atoms with van der Waals surface area (Å²) in [6.45, 7) is 3.88. The summed E-state index contributed by atoms with van der Waals surface area (Å²) in [4.78, 5) is 12.2. The molecule has 3 rings (SSSR count). The first-order valence-electron chi connectivity index (χ1n) is 10.4. The van der Waals surface area contributed by atoms with Gasteiger partial charge in [0.05, 0.1) is 5.02 Å². The summed E-state index contributed by atoms with van der Waals surface area (Å²) in [5, 5.41) is 6.56. The number of hydrogen-bond donors (Lipinski definition) is 3. The van der Waals surface area contributed by atoms with E-state index in [0.29, 0.717) is 24.2 Å². The van der Waals surface area contributed by atoms with Crippen molar-refractivity contribution in [2.75, 3.05) is 0 Å². The molecule has 1 aliphatic rings. The molecule has 4 N–H and O–H groups in total. The molecule has 0 radical (unpaired) electrons. The van der Waals surface area contributed by atoms with Gasteiger partial charge >= 0.3 is 0 Å². The van der Waals surface area contributed by atoms with Gasteiger partial charge in [0.15, 0.2) is 11.6 Å². The standard InChI is InChI=1S/C23H29ClFN3O2/c1-3-20(27-14(2)11-21(29)28-16-12-15(26)13-16)18-9-10-19(24)23(22(18)25)30-17-7-5-4-6-8-17/h4-10,14-16,20,27H,3,11-13,26H2,1-2H3,(H,28,29)/t14-,15-,16-,20+/m0/s1. The first-order chi connectivity index (χ1) is 14.4. The van der Waals surface area contributed by atoms with E-state index in [1.165, 1.54) is 0 Å². The van der Waals surface area contributed by atoms with Crippen LogP contribution in [0.1, 0.15) is 51.1 Å². The number of nitrogens with two attached hydrogens (primary N) is 1. The summed E-state index contributed by atoms with van der Waals surface area (Å²) in [5.41, 5.74) is 6.22. The molecular weight excluding hydrogens is 405 g/mol. The van der Waals surface area contributed by atoms with Crippen molar-refractivity contribution in [1.82, 2.24) is 10.6 Å². The van der Waals surface area contributed by atoms with Crippen LogP contribution in [-0.4, -0.2) is 24.0 Å². The van der Waals surface area contributed by atoms with Crippen LogP contribution >= 0.6 is 11.6 Å². The summed E-state index contributed by atoms with van der Waals surface area (Å²) in [6, 6.07) is 12.2. The minimum absolute atomic E-state index is 0.00679. The van der Waals surface area contributed by atoms with Gasteiger partial charge in [0.1, 0.15) is 5.75 Å². The highest BCUT2D eigenvalue weighted by molar-refractivity contribution is 6.32. The van der Waals surface area contributed by atoms with E-state index < -0.39 is 5.82 Å². The average Bonchev–Trinajstić information content (AvgIpc) is 2.69. The van der Waals surface area contributed by atoms with Gasteiger partial charge in [-0.1, -0.05) is 42.8 Å². The molecule has 0 heterocycles. The van der Waals surface area contributed by atoms with E-state index in [4.69, 9.17) is 22.1 Å². The SMILES string of the molecule is CC[C@@H](N[C@@H](C)CC(=O)N[C@H]1C[C@H](N)C1)c1ccc(Cl)c(Oc2ccccc2)c1F. The lowest BCUT2D eigenvalue weighted by Crippen LogP contribution is -2.51. The van der Waals surface area contributed by atoms with E-state index in [9.17, 15) is 4.79 Å². The molecule has 1 amide bonds. The van der Waals surface area contributed by atoms with Gasteiger partial charge in [-0.3, -0.25) is 4.79 Å². The zero-order valence-corrected chi connectivity index (χ0v) is 18.1. The maximum absolute atomic E-state index is 15.3. The molecule has 0 bridgehead atoms. The molecule has 0 aliphatic heterocycles. The van der Waals surface area contributed by atoms with Crippen molar-refractivity contribution in [3.63, 3.8) is 0 Å². The van der Waals surface area contributed by atoms with Gasteiger partial charge < -0.3 is 21.1 Å². The van der Waals surface area contributed by atoms with E-state index in [2.05, 4.69) is 10.6 Å². The van der Waals surface area contributed by atoms with E-state index >= 15 is 4.39 Å². The number of benzene rings is 2. The number of hydrogen-bond acceptors (Lipinski definition) is 4. The lowest BCUT2D eigenvalue weighted by atomic mass is 9.87. The molecule has 2 aromatic carbocycles. The molecule has 1 aliphatic carbocycles. The van der Waals surface area contributed by atoms with Crippen LogP contribution in [0.25, 0.3) is 0 Å². The smallest absolute Gasteiger partial charge is 0.221 e. The summed E-state index contributed by atoms with van der Waals surface area (Å²) >= 11 is 6.20. The monoisotopic (exact) mass is 433 g/mol. The van der Waals surface area contributed by atoms with Gasteiger partial charge in [0.25, 0.3) is 0 Å². The van der Waals surface area contributed by atoms with Crippen molar-refractivity contribution in [3.05, 3.63) is 58.9 Å². The molecule has 0 aromatic heterocycles. The van der Waals surface area contributed by atoms with E-state index in [0.717, 1.165) is 12.8 Å². The Balaban J connectivity index is 1.66. The summed E-state index contributed by atoms with van der Waals surface area (Å²) < 4.78 is 21.0. The number of halogens is 2. The van der Waals surface area contributed by atoms with Gasteiger partial charge in [-0.25, -0.2) is 4.39 Å². The number of carbonyl (C=O) groups excluding carboxylic acids is 1. The predicted molar refractivity (Wildman–Crippen MR) is 117 cm³/mol. The molecule has 1 fully saturated rings. The van der Waals surface area contributed by atoms with Crippen molar-refractivity contribution >= 4 is 17.5 Å². The number of carbonyl (C=O) groups is 1. The number of ether oxygens (including phenoxy) is 1. The Kier molecular flexibility index (Phi) is 7.69. The van der Waals surface area contributed by atoms with Crippen molar-refractivity contribution in [3.8, 4) is 11.5 Å². The third kappa shape index (κ3) is 5.72. The van der Waals surface area contributed by atoms with Crippen LogP contribution < -0.4 is 21.1 Å². The lowest BCUT2D eigenvalue weighted by Gasteiger charge is -2.33. The van der Waals surface area contributed by atoms with Crippen LogP contribution in [-0.2, 0) is 4.79 Å². The first-order valence-corrected chi connectivity index (χ1v) is 10.8. The van der Waals surface area contributed by atoms with E-state index in [-0.39, 0.29) is 40.8 Å². The largest absolute Gasteiger partial charge is 0.453 e. The molecule has 0 saturated heterocycles. The maximum Gasteiger partial charge on any atom is 0.221 e. The van der Waals surface area contributed by atoms with E-state index in [1.54, 1.807) is 24.3 Å². The third-order valence-electron chi connectivity index (χ3n) is 5.34. The Bertz CT molecular complexity index is 859. The first kappa shape index (κ1) is 22.5. The quantitative estimate of drug-likeness (QED) is 0.536. The second-order valence-corrected chi connectivity index (χ2v) is 8.33. The molecule has 7 heteroatoms. The van der Waals surface area contributed by atoms with Crippen LogP contribution in [0.2, 0.25) is 5.02 Å². The fraction of sp³-hybridized carbons (Fsp3) is 0.435. The van der Waals surface area contributed by atoms with Crippen LogP contribution in [0.4, 0.5) is 4.39 Å². The van der Waals surface area contributed by atoms with Crippen LogP contribution in [0, 0.1) is 5.82 Å². The van der Waals surface area contributed by atoms with Crippen molar-refractivity contribution in [1.29, 1.82) is 0 Å². The maximum atomic E-state index is 15.3. The van der Waals surface area contributed by atoms with E-state index in [1.807, 2.05) is 32.0 Å². The molecule has 2 aromatic rings. The Hall–Kier alpha value is -2.15. The molecular formula is C23H29ClFN3O2. The van der Waals surface area contributed by atoms with Crippen molar-refractivity contribution in [2.45, 2.75) is 63.7 Å². The minimum atomic E-state index is -0.495. The summed E-state index contributed by atoms with van der Waals surface area (Å²) in [7, 11) is 0. The fourth-order valence-corrected chi connectivity index (χ4v) is 3.88. The molecule has 0 spiro atoms. The highest BCUT2D eigenvalue weighted by Gasteiger charge is 2.28. The predicted octanol–water partition coefficient (Wildman–Crippen LogP) is 4.70. The molecule has 5 nitrogen and oxygen atoms in total. The van der Waals surface area contributed by atoms with Crippen molar-refractivity contribution < 1.29 is 13.9 Å². The lowest BCUT2D eigenvalue weighted by molar-refractivity contribution is -0.122. The average molecular weight is 434 g/mol. The zero-order chi connectivity index (χ0) is 21.7. The molecule has 30 heavy (non-hydrogen) atoms. The number of nitrogens with one attached hydrogen (secondary N) is 2. The fourth-order valence-electron chi connectivity index (χ4n) is 3.69. The van der Waals surface area contributed by atoms with Gasteiger partial charge in [-0.2, -0.15) is 0 Å². The van der Waals surface area contributed by atoms with Gasteiger partial charge in [0.2, 0.25) is 5.91 Å². The van der Waals surface area contributed by atoms with Crippen LogP contribution in [0.5, 0.6) is 11.5 Å². The van der Waals surface area contributed by atoms with Crippen LogP contribution in [0.3, 0.4) is 0 Å². The highest BCUT2D eigenvalue weighted by atomic mass is 35.5. The highest BCUT2D eigenvalue weighted by Crippen LogP contribution is 2.36. The zero-order valence-electron chi connectivity index (χ0n) is 17.3. The second kappa shape index (κ2) is 10.2. The molecule has 2 atom stereocenters. The summed E-state index contributed by atoms with van der Waals surface area (Å²) in [6.07, 6.45) is 2.61. The number of para-hydroxylation sites is 1. The Labute approximate surface area is 182 Å². The topological polar surface area (TPSA) is 76.4 Å². The third-order valence-corrected chi connectivity index (χ3v) is 5.64. The molecule has 162 valence electrons. The van der Waals surface area contributed by atoms with Gasteiger partial charge in [-0.15, -0.1) is 0 Å². The number of amides is 1. The normalized spacial score (nSPS) is 20.2. The van der Waals surface area contributed by atoms with Gasteiger partial charge in [-0.05, 0) is 44.4 Å².